The van der Waals surface area contributed by atoms with Crippen LogP contribution in [0.4, 0.5) is 4.79 Å². The summed E-state index contributed by atoms with van der Waals surface area (Å²) in [4.78, 5) is 39.5. The van der Waals surface area contributed by atoms with E-state index in [2.05, 4.69) is 29.6 Å². The maximum Gasteiger partial charge on any atom is 0.407 e. The molecule has 0 fully saturated rings. The molecule has 3 aromatic rings. The quantitative estimate of drug-likeness (QED) is 0.333. The number of carboxylic acid groups (broad SMARTS) is 1. The Bertz CT molecular complexity index is 1260. The molecule has 0 saturated carbocycles. The third-order valence-electron chi connectivity index (χ3n) is 7.35. The molecule has 3 aromatic carbocycles. The van der Waals surface area contributed by atoms with Crippen LogP contribution < -0.4 is 5.32 Å². The molecule has 39 heavy (non-hydrogen) atoms. The van der Waals surface area contributed by atoms with E-state index in [1.165, 1.54) is 0 Å². The summed E-state index contributed by atoms with van der Waals surface area (Å²) in [7, 11) is 0. The number of hydrogen-bond acceptors (Lipinski definition) is 4. The van der Waals surface area contributed by atoms with Crippen LogP contribution in [0.5, 0.6) is 0 Å². The minimum absolute atomic E-state index is 0.0571. The van der Waals surface area contributed by atoms with Gasteiger partial charge in [0.05, 0.1) is 12.3 Å². The minimum atomic E-state index is -0.966. The van der Waals surface area contributed by atoms with Crippen molar-refractivity contribution >= 4 is 18.0 Å². The van der Waals surface area contributed by atoms with E-state index in [4.69, 9.17) is 4.74 Å². The van der Waals surface area contributed by atoms with Gasteiger partial charge < -0.3 is 20.1 Å². The predicted octanol–water partition coefficient (Wildman–Crippen LogP) is 5.69. The van der Waals surface area contributed by atoms with E-state index in [0.717, 1.165) is 27.8 Å². The van der Waals surface area contributed by atoms with Gasteiger partial charge in [0.25, 0.3) is 0 Å². The molecular weight excluding hydrogens is 492 g/mol. The highest BCUT2D eigenvalue weighted by atomic mass is 16.5. The van der Waals surface area contributed by atoms with Gasteiger partial charge in [-0.05, 0) is 40.7 Å². The molecule has 7 heteroatoms. The average Bonchev–Trinajstić information content (AvgIpc) is 3.23. The van der Waals surface area contributed by atoms with E-state index < -0.39 is 24.0 Å². The van der Waals surface area contributed by atoms with Crippen LogP contribution >= 0.6 is 0 Å². The fourth-order valence-electron chi connectivity index (χ4n) is 5.50. The maximum atomic E-state index is 13.7. The molecule has 1 aliphatic rings. The molecule has 7 nitrogen and oxygen atoms in total. The topological polar surface area (TPSA) is 95.9 Å². The van der Waals surface area contributed by atoms with Crippen molar-refractivity contribution in [2.75, 3.05) is 13.2 Å². The lowest BCUT2D eigenvalue weighted by molar-refractivity contribution is -0.141. The Morgan fingerprint density at radius 1 is 0.872 bits per heavy atom. The number of aliphatic carboxylic acids is 1. The Hall–Kier alpha value is -4.13. The molecule has 0 bridgehead atoms. The highest BCUT2D eigenvalue weighted by Gasteiger charge is 2.34. The van der Waals surface area contributed by atoms with Crippen LogP contribution in [0.3, 0.4) is 0 Å². The predicted molar refractivity (Wildman–Crippen MR) is 150 cm³/mol. The fraction of sp³-hybridized carbons (Fsp3) is 0.344. The van der Waals surface area contributed by atoms with Crippen LogP contribution in [0.25, 0.3) is 11.1 Å². The number of alkyl carbamates (subject to hydrolysis) is 1. The zero-order chi connectivity index (χ0) is 27.9. The second-order valence-corrected chi connectivity index (χ2v) is 10.4. The molecule has 0 radical (unpaired) electrons. The summed E-state index contributed by atoms with van der Waals surface area (Å²) >= 11 is 0. The zero-order valence-electron chi connectivity index (χ0n) is 22.7. The Morgan fingerprint density at radius 2 is 1.44 bits per heavy atom. The number of nitrogens with one attached hydrogen (secondary N) is 1. The molecule has 2 N–H and O–H groups in total. The standard InChI is InChI=1S/C32H36N2O5/c1-21(2)30(31(37)34(18-17-29(35)36)19-23-11-5-4-6-12-23)22(3)33-32(38)39-20-28-26-15-9-7-13-24(26)25-14-8-10-16-27(25)28/h4-16,21-22,28,30H,17-20H2,1-3H3,(H,33,38)(H,35,36). The number of fused-ring (bicyclic) bond motifs is 3. The van der Waals surface area contributed by atoms with Crippen LogP contribution in [-0.4, -0.2) is 47.2 Å². The van der Waals surface area contributed by atoms with Crippen LogP contribution in [0.15, 0.2) is 78.9 Å². The molecule has 4 rings (SSSR count). The van der Waals surface area contributed by atoms with Gasteiger partial charge in [0.2, 0.25) is 5.91 Å². The van der Waals surface area contributed by atoms with Crippen LogP contribution in [0.1, 0.15) is 49.8 Å². The van der Waals surface area contributed by atoms with Crippen LogP contribution in [0.2, 0.25) is 0 Å². The van der Waals surface area contributed by atoms with Gasteiger partial charge >= 0.3 is 12.1 Å². The second-order valence-electron chi connectivity index (χ2n) is 10.4. The number of benzene rings is 3. The van der Waals surface area contributed by atoms with Gasteiger partial charge in [-0.2, -0.15) is 0 Å². The first-order valence-electron chi connectivity index (χ1n) is 13.4. The van der Waals surface area contributed by atoms with E-state index in [-0.39, 0.29) is 37.3 Å². The summed E-state index contributed by atoms with van der Waals surface area (Å²) in [6.07, 6.45) is -0.736. The Labute approximate surface area is 229 Å². The molecule has 0 spiro atoms. The van der Waals surface area contributed by atoms with E-state index >= 15 is 0 Å². The van der Waals surface area contributed by atoms with Crippen molar-refractivity contribution in [3.8, 4) is 11.1 Å². The van der Waals surface area contributed by atoms with E-state index in [0.29, 0.717) is 6.54 Å². The Morgan fingerprint density at radius 3 is 2.00 bits per heavy atom. The summed E-state index contributed by atoms with van der Waals surface area (Å²) in [5.74, 6) is -1.86. The summed E-state index contributed by atoms with van der Waals surface area (Å²) in [5, 5.41) is 12.1. The minimum Gasteiger partial charge on any atom is -0.481 e. The first kappa shape index (κ1) is 27.9. The molecular formula is C32H36N2O5. The smallest absolute Gasteiger partial charge is 0.407 e. The molecule has 0 aliphatic heterocycles. The normalized spacial score (nSPS) is 13.7. The monoisotopic (exact) mass is 528 g/mol. The van der Waals surface area contributed by atoms with Crippen molar-refractivity contribution in [2.24, 2.45) is 11.8 Å². The summed E-state index contributed by atoms with van der Waals surface area (Å²) < 4.78 is 5.70. The first-order valence-corrected chi connectivity index (χ1v) is 13.4. The molecule has 204 valence electrons. The third kappa shape index (κ3) is 6.66. The van der Waals surface area contributed by atoms with E-state index in [9.17, 15) is 19.5 Å². The molecule has 2 atom stereocenters. The van der Waals surface area contributed by atoms with Crippen molar-refractivity contribution in [1.29, 1.82) is 0 Å². The van der Waals surface area contributed by atoms with Gasteiger partial charge in [-0.25, -0.2) is 4.79 Å². The van der Waals surface area contributed by atoms with Gasteiger partial charge in [0.1, 0.15) is 6.61 Å². The summed E-state index contributed by atoms with van der Waals surface area (Å²) in [6.45, 7) is 6.22. The number of carbonyl (C=O) groups is 3. The largest absolute Gasteiger partial charge is 0.481 e. The molecule has 1 aliphatic carbocycles. The lowest BCUT2D eigenvalue weighted by Crippen LogP contribution is -2.49. The van der Waals surface area contributed by atoms with Gasteiger partial charge in [0, 0.05) is 25.0 Å². The number of amides is 2. The number of carbonyl (C=O) groups excluding carboxylic acids is 2. The number of ether oxygens (including phenoxy) is 1. The number of carboxylic acids is 1. The SMILES string of the molecule is CC(C)C(C(=O)N(CCC(=O)O)Cc1ccccc1)C(C)NC(=O)OCC1c2ccccc2-c2ccccc21. The van der Waals surface area contributed by atoms with Crippen LogP contribution in [0, 0.1) is 11.8 Å². The Kier molecular flexibility index (Phi) is 9.02. The lowest BCUT2D eigenvalue weighted by Gasteiger charge is -2.33. The number of rotatable bonds is 11. The van der Waals surface area contributed by atoms with Gasteiger partial charge in [-0.3, -0.25) is 9.59 Å². The second kappa shape index (κ2) is 12.6. The van der Waals surface area contributed by atoms with Crippen molar-refractivity contribution in [3.05, 3.63) is 95.6 Å². The Balaban J connectivity index is 1.43. The zero-order valence-corrected chi connectivity index (χ0v) is 22.7. The summed E-state index contributed by atoms with van der Waals surface area (Å²) in [6, 6.07) is 25.3. The van der Waals surface area contributed by atoms with Crippen LogP contribution in [-0.2, 0) is 20.9 Å². The molecule has 2 amide bonds. The first-order chi connectivity index (χ1) is 18.8. The fourth-order valence-corrected chi connectivity index (χ4v) is 5.50. The van der Waals surface area contributed by atoms with Crippen molar-refractivity contribution in [3.63, 3.8) is 0 Å². The van der Waals surface area contributed by atoms with Crippen molar-refractivity contribution in [1.82, 2.24) is 10.2 Å². The lowest BCUT2D eigenvalue weighted by atomic mass is 9.87. The van der Waals surface area contributed by atoms with E-state index in [1.807, 2.05) is 68.4 Å². The van der Waals surface area contributed by atoms with Gasteiger partial charge in [-0.1, -0.05) is 92.7 Å². The molecule has 2 unspecified atom stereocenters. The highest BCUT2D eigenvalue weighted by Crippen LogP contribution is 2.44. The number of nitrogens with zero attached hydrogens (tertiary/aromatic N) is 1. The number of hydrogen-bond donors (Lipinski definition) is 2. The maximum absolute atomic E-state index is 13.7. The van der Waals surface area contributed by atoms with Crippen molar-refractivity contribution < 1.29 is 24.2 Å². The molecule has 0 heterocycles. The van der Waals surface area contributed by atoms with E-state index in [1.54, 1.807) is 11.8 Å². The van der Waals surface area contributed by atoms with Crippen molar-refractivity contribution in [2.45, 2.75) is 45.7 Å². The van der Waals surface area contributed by atoms with Gasteiger partial charge in [0.15, 0.2) is 0 Å². The third-order valence-corrected chi connectivity index (χ3v) is 7.35. The highest BCUT2D eigenvalue weighted by molar-refractivity contribution is 5.82. The summed E-state index contributed by atoms with van der Waals surface area (Å²) in [5.41, 5.74) is 5.48. The van der Waals surface area contributed by atoms with Gasteiger partial charge in [-0.15, -0.1) is 0 Å². The molecule has 0 aromatic heterocycles. The average molecular weight is 529 g/mol. The molecule has 0 saturated heterocycles.